The van der Waals surface area contributed by atoms with Gasteiger partial charge in [-0.2, -0.15) is 9.97 Å². The molecule has 0 aliphatic carbocycles. The van der Waals surface area contributed by atoms with Crippen molar-refractivity contribution >= 4 is 95.9 Å². The highest BCUT2D eigenvalue weighted by atomic mass is 32.1. The molecule has 0 radical (unpaired) electrons. The molecule has 6 nitrogen and oxygen atoms in total. The number of aromatic nitrogens is 6. The van der Waals surface area contributed by atoms with Crippen molar-refractivity contribution in [3.8, 4) is 56.9 Å². The summed E-state index contributed by atoms with van der Waals surface area (Å²) in [5, 5.41) is 7.27. The Labute approximate surface area is 386 Å². The lowest BCUT2D eigenvalue weighted by molar-refractivity contribution is 0.954. The van der Waals surface area contributed by atoms with Crippen LogP contribution >= 0.6 is 22.7 Å². The van der Waals surface area contributed by atoms with Crippen molar-refractivity contribution in [3.63, 3.8) is 0 Å². The zero-order chi connectivity index (χ0) is 43.3. The molecule has 0 N–H and O–H groups in total. The molecular formula is C58H34N6S2. The molecule has 0 bridgehead atoms. The van der Waals surface area contributed by atoms with Crippen molar-refractivity contribution in [2.24, 2.45) is 0 Å². The van der Waals surface area contributed by atoms with Gasteiger partial charge in [0.25, 0.3) is 0 Å². The molecule has 308 valence electrons. The molecule has 14 rings (SSSR count). The molecule has 0 aliphatic rings. The van der Waals surface area contributed by atoms with Crippen molar-refractivity contribution in [1.29, 1.82) is 0 Å². The van der Waals surface area contributed by atoms with E-state index in [1.54, 1.807) is 22.7 Å². The fraction of sp³-hybridized carbons (Fsp3) is 0. The lowest BCUT2D eigenvalue weighted by atomic mass is 10.0. The Morgan fingerprint density at radius 1 is 0.303 bits per heavy atom. The van der Waals surface area contributed by atoms with Gasteiger partial charge in [-0.1, -0.05) is 140 Å². The van der Waals surface area contributed by atoms with Crippen molar-refractivity contribution in [2.75, 3.05) is 0 Å². The van der Waals surface area contributed by atoms with Crippen molar-refractivity contribution < 1.29 is 0 Å². The van der Waals surface area contributed by atoms with E-state index in [-0.39, 0.29) is 0 Å². The van der Waals surface area contributed by atoms with Gasteiger partial charge in [0.05, 0.1) is 22.1 Å². The first-order valence-electron chi connectivity index (χ1n) is 22.0. The van der Waals surface area contributed by atoms with Gasteiger partial charge in [-0.05, 0) is 77.9 Å². The smallest absolute Gasteiger partial charge is 0.238 e. The monoisotopic (exact) mass is 878 g/mol. The zero-order valence-electron chi connectivity index (χ0n) is 35.1. The summed E-state index contributed by atoms with van der Waals surface area (Å²) in [6, 6.07) is 73.2. The summed E-state index contributed by atoms with van der Waals surface area (Å²) < 4.78 is 9.39. The fourth-order valence-electron chi connectivity index (χ4n) is 9.69. The first-order chi connectivity index (χ1) is 32.7. The van der Waals surface area contributed by atoms with Crippen LogP contribution in [0.15, 0.2) is 206 Å². The second-order valence-corrected chi connectivity index (χ2v) is 18.8. The van der Waals surface area contributed by atoms with Gasteiger partial charge in [0.15, 0.2) is 11.6 Å². The molecular weight excluding hydrogens is 845 g/mol. The number of hydrogen-bond acceptors (Lipinski definition) is 6. The molecule has 0 saturated carbocycles. The van der Waals surface area contributed by atoms with Crippen LogP contribution in [0.25, 0.3) is 130 Å². The minimum absolute atomic E-state index is 0.576. The van der Waals surface area contributed by atoms with E-state index in [4.69, 9.17) is 19.9 Å². The molecule has 9 aromatic carbocycles. The van der Waals surface area contributed by atoms with Crippen LogP contribution in [0.2, 0.25) is 0 Å². The SMILES string of the molecule is c1ccc(-n2c(-c3ccc(-c4ccc5c(c4)c4ccccc4n5-c4nc(-c5ccc6c(c5)sc5ccccc56)nc(-c5ccc6c(c5)sc5ccccc56)n4)cc3)nc3ccccc32)cc1. The van der Waals surface area contributed by atoms with Gasteiger partial charge < -0.3 is 0 Å². The number of para-hydroxylation sites is 4. The summed E-state index contributed by atoms with van der Waals surface area (Å²) >= 11 is 3.60. The maximum Gasteiger partial charge on any atom is 0.238 e. The van der Waals surface area contributed by atoms with E-state index in [1.807, 2.05) is 12.1 Å². The Morgan fingerprint density at radius 3 is 1.50 bits per heavy atom. The topological polar surface area (TPSA) is 61.4 Å². The predicted molar refractivity (Wildman–Crippen MR) is 276 cm³/mol. The van der Waals surface area contributed by atoms with Gasteiger partial charge in [-0.25, -0.2) is 9.97 Å². The van der Waals surface area contributed by atoms with Gasteiger partial charge in [0.1, 0.15) is 5.82 Å². The van der Waals surface area contributed by atoms with Crippen LogP contribution in [-0.4, -0.2) is 29.1 Å². The highest BCUT2D eigenvalue weighted by molar-refractivity contribution is 7.26. The number of thiophene rings is 2. The summed E-state index contributed by atoms with van der Waals surface area (Å²) in [5.74, 6) is 2.76. The number of fused-ring (bicyclic) bond motifs is 10. The highest BCUT2D eigenvalue weighted by Gasteiger charge is 2.20. The van der Waals surface area contributed by atoms with E-state index < -0.39 is 0 Å². The van der Waals surface area contributed by atoms with Crippen LogP contribution in [0.5, 0.6) is 0 Å². The van der Waals surface area contributed by atoms with Crippen molar-refractivity contribution in [2.45, 2.75) is 0 Å². The number of hydrogen-bond donors (Lipinski definition) is 0. The molecule has 5 aromatic heterocycles. The number of nitrogens with zero attached hydrogens (tertiary/aromatic N) is 6. The van der Waals surface area contributed by atoms with E-state index in [0.717, 1.165) is 72.2 Å². The molecule has 0 spiro atoms. The van der Waals surface area contributed by atoms with E-state index in [2.05, 4.69) is 203 Å². The third-order valence-electron chi connectivity index (χ3n) is 12.8. The molecule has 0 fully saturated rings. The maximum atomic E-state index is 5.33. The van der Waals surface area contributed by atoms with Gasteiger partial charge in [0.2, 0.25) is 5.95 Å². The molecule has 14 aromatic rings. The lowest BCUT2D eigenvalue weighted by Crippen LogP contribution is -2.06. The predicted octanol–water partition coefficient (Wildman–Crippen LogP) is 15.7. The molecule has 0 unspecified atom stereocenters. The Balaban J connectivity index is 0.916. The molecule has 0 saturated heterocycles. The largest absolute Gasteiger partial charge is 0.292 e. The normalized spacial score (nSPS) is 11.9. The summed E-state index contributed by atoms with van der Waals surface area (Å²) in [6.07, 6.45) is 0. The van der Waals surface area contributed by atoms with Crippen LogP contribution in [0.1, 0.15) is 0 Å². The number of rotatable bonds is 6. The molecule has 0 aliphatic heterocycles. The molecule has 5 heterocycles. The summed E-state index contributed by atoms with van der Waals surface area (Å²) in [6.45, 7) is 0. The van der Waals surface area contributed by atoms with Gasteiger partial charge in [-0.3, -0.25) is 9.13 Å². The second kappa shape index (κ2) is 14.6. The van der Waals surface area contributed by atoms with Crippen LogP contribution < -0.4 is 0 Å². The van der Waals surface area contributed by atoms with Gasteiger partial charge in [0, 0.05) is 73.5 Å². The maximum absolute atomic E-state index is 5.33. The molecule has 8 heteroatoms. The van der Waals surface area contributed by atoms with Crippen LogP contribution in [0, 0.1) is 0 Å². The average molecular weight is 879 g/mol. The Hall–Kier alpha value is -8.30. The van der Waals surface area contributed by atoms with Crippen LogP contribution in [0.3, 0.4) is 0 Å². The van der Waals surface area contributed by atoms with E-state index in [0.29, 0.717) is 17.6 Å². The average Bonchev–Trinajstić information content (AvgIpc) is 4.15. The summed E-state index contributed by atoms with van der Waals surface area (Å²) in [4.78, 5) is 21.0. The third-order valence-corrected chi connectivity index (χ3v) is 15.1. The zero-order valence-corrected chi connectivity index (χ0v) is 36.8. The Kier molecular flexibility index (Phi) is 8.22. The molecule has 0 amide bonds. The number of imidazole rings is 1. The first-order valence-corrected chi connectivity index (χ1v) is 23.6. The standard InChI is InChI=1S/C58H34N6S2/c1-2-12-40(13-3-1)63-50-19-9-7-17-47(50)59-57(63)36-24-22-35(23-25-36)37-28-31-49-46(32-37)41-14-4-8-18-48(41)64(49)58-61-55(38-26-29-44-42-15-5-10-20-51(42)65-53(44)33-38)60-56(62-58)39-27-30-45-43-16-6-11-21-52(43)66-54(45)34-39/h1-34H. The van der Waals surface area contributed by atoms with E-state index in [1.165, 1.54) is 40.3 Å². The van der Waals surface area contributed by atoms with Crippen LogP contribution in [-0.2, 0) is 0 Å². The Bertz CT molecular complexity index is 4100. The van der Waals surface area contributed by atoms with E-state index >= 15 is 0 Å². The van der Waals surface area contributed by atoms with Crippen molar-refractivity contribution in [3.05, 3.63) is 206 Å². The van der Waals surface area contributed by atoms with Crippen molar-refractivity contribution in [1.82, 2.24) is 29.1 Å². The minimum Gasteiger partial charge on any atom is -0.292 e. The highest BCUT2D eigenvalue weighted by Crippen LogP contribution is 2.40. The van der Waals surface area contributed by atoms with Crippen LogP contribution in [0.4, 0.5) is 0 Å². The fourth-order valence-corrected chi connectivity index (χ4v) is 12.0. The Morgan fingerprint density at radius 2 is 0.818 bits per heavy atom. The van der Waals surface area contributed by atoms with Gasteiger partial charge in [-0.15, -0.1) is 22.7 Å². The first kappa shape index (κ1) is 37.1. The second-order valence-electron chi connectivity index (χ2n) is 16.7. The third kappa shape index (κ3) is 5.86. The lowest BCUT2D eigenvalue weighted by Gasteiger charge is -2.12. The molecule has 66 heavy (non-hydrogen) atoms. The van der Waals surface area contributed by atoms with Gasteiger partial charge >= 0.3 is 0 Å². The number of benzene rings is 9. The minimum atomic E-state index is 0.576. The summed E-state index contributed by atoms with van der Waals surface area (Å²) in [5.41, 5.74) is 10.4. The van der Waals surface area contributed by atoms with E-state index in [9.17, 15) is 0 Å². The quantitative estimate of drug-likeness (QED) is 0.167. The summed E-state index contributed by atoms with van der Waals surface area (Å²) in [7, 11) is 0. The molecule has 0 atom stereocenters.